The standard InChI is InChI=1S/C14H19FN2O/c1-10-2-4-12(15)13(8-10)17-14(18)5-3-11-6-7-16-9-11/h2,4,8,11,16H,3,5-7,9H2,1H3,(H,17,18). The molecular formula is C14H19FN2O. The maximum absolute atomic E-state index is 13.4. The van der Waals surface area contributed by atoms with Gasteiger partial charge in [0.25, 0.3) is 0 Å². The molecule has 0 aromatic heterocycles. The number of hydrogen-bond acceptors (Lipinski definition) is 2. The highest BCUT2D eigenvalue weighted by molar-refractivity contribution is 5.90. The first-order chi connectivity index (χ1) is 8.65. The molecule has 1 unspecified atom stereocenters. The summed E-state index contributed by atoms with van der Waals surface area (Å²) < 4.78 is 13.4. The number of amides is 1. The van der Waals surface area contributed by atoms with Crippen molar-refractivity contribution in [1.82, 2.24) is 5.32 Å². The lowest BCUT2D eigenvalue weighted by molar-refractivity contribution is -0.116. The van der Waals surface area contributed by atoms with Crippen LogP contribution in [-0.2, 0) is 4.79 Å². The van der Waals surface area contributed by atoms with E-state index in [2.05, 4.69) is 10.6 Å². The van der Waals surface area contributed by atoms with Crippen molar-refractivity contribution in [3.63, 3.8) is 0 Å². The van der Waals surface area contributed by atoms with Gasteiger partial charge in [-0.05, 0) is 56.5 Å². The Morgan fingerprint density at radius 1 is 1.56 bits per heavy atom. The summed E-state index contributed by atoms with van der Waals surface area (Å²) in [4.78, 5) is 11.7. The van der Waals surface area contributed by atoms with Gasteiger partial charge in [-0.3, -0.25) is 4.79 Å². The van der Waals surface area contributed by atoms with Crippen LogP contribution in [0.25, 0.3) is 0 Å². The normalized spacial score (nSPS) is 18.9. The summed E-state index contributed by atoms with van der Waals surface area (Å²) in [6.07, 6.45) is 2.46. The van der Waals surface area contributed by atoms with Crippen LogP contribution in [0.2, 0.25) is 0 Å². The van der Waals surface area contributed by atoms with Crippen molar-refractivity contribution in [1.29, 1.82) is 0 Å². The van der Waals surface area contributed by atoms with Crippen molar-refractivity contribution in [2.24, 2.45) is 5.92 Å². The molecule has 1 fully saturated rings. The van der Waals surface area contributed by atoms with E-state index in [0.29, 0.717) is 12.3 Å². The summed E-state index contributed by atoms with van der Waals surface area (Å²) in [5.41, 5.74) is 1.22. The molecule has 0 radical (unpaired) electrons. The fourth-order valence-corrected chi connectivity index (χ4v) is 2.24. The SMILES string of the molecule is Cc1ccc(F)c(NC(=O)CCC2CCNC2)c1. The number of halogens is 1. The second-order valence-electron chi connectivity index (χ2n) is 4.93. The highest BCUT2D eigenvalue weighted by Gasteiger charge is 2.16. The molecule has 1 aromatic rings. The lowest BCUT2D eigenvalue weighted by Gasteiger charge is -2.09. The number of benzene rings is 1. The van der Waals surface area contributed by atoms with Crippen molar-refractivity contribution in [2.75, 3.05) is 18.4 Å². The van der Waals surface area contributed by atoms with Gasteiger partial charge in [0.05, 0.1) is 5.69 Å². The van der Waals surface area contributed by atoms with Gasteiger partial charge in [0.15, 0.2) is 0 Å². The molecule has 1 amide bonds. The molecule has 18 heavy (non-hydrogen) atoms. The molecule has 98 valence electrons. The number of carbonyl (C=O) groups is 1. The molecule has 2 N–H and O–H groups in total. The Bertz CT molecular complexity index is 428. The zero-order chi connectivity index (χ0) is 13.0. The maximum atomic E-state index is 13.4. The Kier molecular flexibility index (Phi) is 4.31. The van der Waals surface area contributed by atoms with E-state index in [-0.39, 0.29) is 17.4 Å². The van der Waals surface area contributed by atoms with Crippen molar-refractivity contribution < 1.29 is 9.18 Å². The average Bonchev–Trinajstić information content (AvgIpc) is 2.84. The Morgan fingerprint density at radius 2 is 2.39 bits per heavy atom. The Morgan fingerprint density at radius 3 is 3.11 bits per heavy atom. The van der Waals surface area contributed by atoms with E-state index in [9.17, 15) is 9.18 Å². The second-order valence-corrected chi connectivity index (χ2v) is 4.93. The summed E-state index contributed by atoms with van der Waals surface area (Å²) in [6.45, 7) is 3.91. The quantitative estimate of drug-likeness (QED) is 0.862. The van der Waals surface area contributed by atoms with Gasteiger partial charge in [-0.1, -0.05) is 6.07 Å². The van der Waals surface area contributed by atoms with E-state index >= 15 is 0 Å². The Labute approximate surface area is 107 Å². The lowest BCUT2D eigenvalue weighted by atomic mass is 10.0. The van der Waals surface area contributed by atoms with Gasteiger partial charge in [0.1, 0.15) is 5.82 Å². The van der Waals surface area contributed by atoms with Crippen LogP contribution in [-0.4, -0.2) is 19.0 Å². The van der Waals surface area contributed by atoms with E-state index in [1.165, 1.54) is 6.07 Å². The highest BCUT2D eigenvalue weighted by Crippen LogP contribution is 2.18. The second kappa shape index (κ2) is 5.96. The Hall–Kier alpha value is -1.42. The van der Waals surface area contributed by atoms with Gasteiger partial charge in [-0.2, -0.15) is 0 Å². The number of aryl methyl sites for hydroxylation is 1. The first-order valence-corrected chi connectivity index (χ1v) is 6.42. The van der Waals surface area contributed by atoms with Gasteiger partial charge in [-0.25, -0.2) is 4.39 Å². The largest absolute Gasteiger partial charge is 0.324 e. The average molecular weight is 250 g/mol. The van der Waals surface area contributed by atoms with Crippen molar-refractivity contribution in [3.05, 3.63) is 29.6 Å². The monoisotopic (exact) mass is 250 g/mol. The van der Waals surface area contributed by atoms with Crippen LogP contribution in [0.1, 0.15) is 24.8 Å². The third-order valence-corrected chi connectivity index (χ3v) is 3.34. The van der Waals surface area contributed by atoms with Crippen LogP contribution in [0.3, 0.4) is 0 Å². The highest BCUT2D eigenvalue weighted by atomic mass is 19.1. The molecule has 4 heteroatoms. The lowest BCUT2D eigenvalue weighted by Crippen LogP contribution is -2.15. The minimum atomic E-state index is -0.378. The summed E-state index contributed by atoms with van der Waals surface area (Å²) in [5, 5.41) is 5.91. The van der Waals surface area contributed by atoms with Crippen LogP contribution >= 0.6 is 0 Å². The van der Waals surface area contributed by atoms with Crippen LogP contribution in [0, 0.1) is 18.7 Å². The first kappa shape index (κ1) is 13.0. The van der Waals surface area contributed by atoms with Crippen molar-refractivity contribution >= 4 is 11.6 Å². The van der Waals surface area contributed by atoms with Crippen LogP contribution in [0.4, 0.5) is 10.1 Å². The van der Waals surface area contributed by atoms with E-state index in [0.717, 1.165) is 31.5 Å². The molecule has 1 atom stereocenters. The first-order valence-electron chi connectivity index (χ1n) is 6.42. The summed E-state index contributed by atoms with van der Waals surface area (Å²) in [7, 11) is 0. The van der Waals surface area contributed by atoms with Gasteiger partial charge in [-0.15, -0.1) is 0 Å². The molecule has 1 aliphatic heterocycles. The predicted molar refractivity (Wildman–Crippen MR) is 70.0 cm³/mol. The molecular weight excluding hydrogens is 231 g/mol. The number of anilines is 1. The number of rotatable bonds is 4. The third kappa shape index (κ3) is 3.53. The molecule has 2 rings (SSSR count). The zero-order valence-corrected chi connectivity index (χ0v) is 10.6. The number of carbonyl (C=O) groups excluding carboxylic acids is 1. The summed E-state index contributed by atoms with van der Waals surface area (Å²) in [6, 6.07) is 4.73. The molecule has 1 heterocycles. The fraction of sp³-hybridized carbons (Fsp3) is 0.500. The maximum Gasteiger partial charge on any atom is 0.224 e. The minimum absolute atomic E-state index is 0.105. The zero-order valence-electron chi connectivity index (χ0n) is 10.6. The van der Waals surface area contributed by atoms with Gasteiger partial charge >= 0.3 is 0 Å². The molecule has 1 aliphatic rings. The minimum Gasteiger partial charge on any atom is -0.324 e. The summed E-state index contributed by atoms with van der Waals surface area (Å²) >= 11 is 0. The smallest absolute Gasteiger partial charge is 0.224 e. The molecule has 1 saturated heterocycles. The van der Waals surface area contributed by atoms with E-state index in [4.69, 9.17) is 0 Å². The predicted octanol–water partition coefficient (Wildman–Crippen LogP) is 2.46. The van der Waals surface area contributed by atoms with E-state index < -0.39 is 0 Å². The number of nitrogens with one attached hydrogen (secondary N) is 2. The van der Waals surface area contributed by atoms with Crippen LogP contribution < -0.4 is 10.6 Å². The fourth-order valence-electron chi connectivity index (χ4n) is 2.24. The molecule has 1 aromatic carbocycles. The van der Waals surface area contributed by atoms with Crippen molar-refractivity contribution in [2.45, 2.75) is 26.2 Å². The molecule has 0 aliphatic carbocycles. The summed E-state index contributed by atoms with van der Waals surface area (Å²) in [5.74, 6) is 0.0981. The van der Waals surface area contributed by atoms with Gasteiger partial charge < -0.3 is 10.6 Å². The van der Waals surface area contributed by atoms with E-state index in [1.54, 1.807) is 12.1 Å². The molecule has 0 bridgehead atoms. The van der Waals surface area contributed by atoms with Crippen LogP contribution in [0.15, 0.2) is 18.2 Å². The topological polar surface area (TPSA) is 41.1 Å². The van der Waals surface area contributed by atoms with Gasteiger partial charge in [0, 0.05) is 6.42 Å². The van der Waals surface area contributed by atoms with Crippen LogP contribution in [0.5, 0.6) is 0 Å². The van der Waals surface area contributed by atoms with Gasteiger partial charge in [0.2, 0.25) is 5.91 Å². The van der Waals surface area contributed by atoms with Crippen molar-refractivity contribution in [3.8, 4) is 0 Å². The van der Waals surface area contributed by atoms with E-state index in [1.807, 2.05) is 6.92 Å². The molecule has 3 nitrogen and oxygen atoms in total. The molecule has 0 spiro atoms. The number of hydrogen-bond donors (Lipinski definition) is 2. The molecule has 0 saturated carbocycles. The third-order valence-electron chi connectivity index (χ3n) is 3.34. The Balaban J connectivity index is 1.84.